The number of rotatable bonds is 3. The van der Waals surface area contributed by atoms with Crippen LogP contribution in [0.25, 0.3) is 0 Å². The van der Waals surface area contributed by atoms with E-state index in [1.807, 2.05) is 12.1 Å². The van der Waals surface area contributed by atoms with Crippen molar-refractivity contribution in [1.29, 1.82) is 0 Å². The second-order valence-electron chi connectivity index (χ2n) is 4.88. The van der Waals surface area contributed by atoms with E-state index in [9.17, 15) is 0 Å². The van der Waals surface area contributed by atoms with Crippen molar-refractivity contribution in [3.63, 3.8) is 0 Å². The number of hydrogen-bond acceptors (Lipinski definition) is 0. The molecule has 2 atom stereocenters. The van der Waals surface area contributed by atoms with E-state index < -0.39 is 0 Å². The van der Waals surface area contributed by atoms with Gasteiger partial charge in [0, 0.05) is 0 Å². The first-order valence-corrected chi connectivity index (χ1v) is 13.4. The minimum Gasteiger partial charge on any atom is -0.225 e. The average molecular weight is 476 g/mol. The molecule has 0 aliphatic rings. The van der Waals surface area contributed by atoms with Gasteiger partial charge < -0.3 is 0 Å². The van der Waals surface area contributed by atoms with Gasteiger partial charge in [0.2, 0.25) is 0 Å². The van der Waals surface area contributed by atoms with Crippen LogP contribution in [0.3, 0.4) is 0 Å². The smallest absolute Gasteiger partial charge is 0.225 e. The molecule has 2 aromatic heterocycles. The minimum atomic E-state index is 0. The van der Waals surface area contributed by atoms with Crippen molar-refractivity contribution in [3.05, 3.63) is 107 Å². The molecule has 0 N–H and O–H groups in total. The Bertz CT molecular complexity index is 611. The summed E-state index contributed by atoms with van der Waals surface area (Å²) in [6.07, 6.45) is 2.26. The molecule has 25 heavy (non-hydrogen) atoms. The van der Waals surface area contributed by atoms with E-state index in [2.05, 4.69) is 83.9 Å². The summed E-state index contributed by atoms with van der Waals surface area (Å²) >= 11 is 0. The molecule has 0 fully saturated rings. The second-order valence-corrected chi connectivity index (χ2v) is 9.92. The van der Waals surface area contributed by atoms with Gasteiger partial charge in [0.1, 0.15) is 0 Å². The summed E-state index contributed by atoms with van der Waals surface area (Å²) in [5, 5.41) is 0. The molecule has 0 aliphatic heterocycles. The Balaban J connectivity index is 0.000000233. The Morgan fingerprint density at radius 3 is 1.28 bits per heavy atom. The first-order chi connectivity index (χ1) is 11.9. The summed E-state index contributed by atoms with van der Waals surface area (Å²) in [4.78, 5) is 0. The topological polar surface area (TPSA) is 0 Å². The number of benzene rings is 2. The van der Waals surface area contributed by atoms with Crippen LogP contribution in [0.2, 0.25) is 0 Å². The van der Waals surface area contributed by atoms with Gasteiger partial charge in [0.05, 0.1) is 0 Å². The number of hydrogen-bond donors (Lipinski definition) is 0. The minimum absolute atomic E-state index is 0. The number of aryl methyl sites for hydroxylation is 2. The second kappa shape index (κ2) is 16.0. The Labute approximate surface area is 176 Å². The predicted molar refractivity (Wildman–Crippen MR) is 115 cm³/mol. The van der Waals surface area contributed by atoms with E-state index in [-0.39, 0.29) is 26.2 Å². The molecule has 0 bridgehead atoms. The summed E-state index contributed by atoms with van der Waals surface area (Å²) in [5.74, 6) is 10.3. The van der Waals surface area contributed by atoms with Crippen molar-refractivity contribution >= 4 is 31.5 Å². The van der Waals surface area contributed by atoms with Crippen LogP contribution in [0.1, 0.15) is 11.1 Å². The molecule has 2 aromatic carbocycles. The fraction of sp³-hybridized carbons (Fsp3) is 0.100. The van der Waals surface area contributed by atoms with Gasteiger partial charge in [-0.05, 0) is 24.0 Å². The van der Waals surface area contributed by atoms with Gasteiger partial charge in [0.25, 0.3) is 0 Å². The van der Waals surface area contributed by atoms with Crippen LogP contribution < -0.4 is 0 Å². The average Bonchev–Trinajstić information content (AvgIpc) is 3.40. The van der Waals surface area contributed by atoms with Crippen molar-refractivity contribution in [2.45, 2.75) is 12.8 Å². The van der Waals surface area contributed by atoms with Crippen molar-refractivity contribution in [3.8, 4) is 0 Å². The predicted octanol–water partition coefficient (Wildman–Crippen LogP) is 7.67. The molecule has 5 heteroatoms. The zero-order valence-electron chi connectivity index (χ0n) is 13.9. The molecule has 0 aliphatic carbocycles. The standard InChI is InChI=1S/C14H14.2C3H3P2.Zr/c1-3-7-13(8-4-1)11-12-14-9-5-2-6-10-14;2*1-2-4-5-3-1;/h1-10H,11-12H2;2*1-2,4H;/q;2*-1;+2. The van der Waals surface area contributed by atoms with Crippen LogP contribution in [-0.2, 0) is 39.0 Å². The van der Waals surface area contributed by atoms with Gasteiger partial charge in [-0.1, -0.05) is 60.7 Å². The molecular weight excluding hydrogens is 455 g/mol. The third kappa shape index (κ3) is 11.9. The molecular formula is C20H20P4Zr. The van der Waals surface area contributed by atoms with Gasteiger partial charge >= 0.3 is 26.2 Å². The van der Waals surface area contributed by atoms with Crippen molar-refractivity contribution in [2.24, 2.45) is 0 Å². The van der Waals surface area contributed by atoms with E-state index in [0.717, 1.165) is 28.6 Å². The van der Waals surface area contributed by atoms with Crippen LogP contribution >= 0.6 is 31.5 Å². The normalized spacial score (nSPS) is 10.1. The van der Waals surface area contributed by atoms with Crippen LogP contribution in [0.4, 0.5) is 0 Å². The zero-order valence-corrected chi connectivity index (χ0v) is 20.1. The van der Waals surface area contributed by atoms with Gasteiger partial charge in [-0.15, -0.1) is 0 Å². The summed E-state index contributed by atoms with van der Waals surface area (Å²) < 4.78 is 0. The third-order valence-electron chi connectivity index (χ3n) is 3.11. The van der Waals surface area contributed by atoms with Gasteiger partial charge in [-0.3, -0.25) is 0 Å². The molecule has 2 unspecified atom stereocenters. The fourth-order valence-electron chi connectivity index (χ4n) is 1.95. The largest absolute Gasteiger partial charge is 2.00 e. The Hall–Kier alpha value is -0.257. The monoisotopic (exact) mass is 474 g/mol. The first kappa shape index (κ1) is 22.8. The first-order valence-electron chi connectivity index (χ1n) is 7.74. The van der Waals surface area contributed by atoms with E-state index >= 15 is 0 Å². The summed E-state index contributed by atoms with van der Waals surface area (Å²) in [6, 6.07) is 25.2. The third-order valence-corrected chi connectivity index (χ3v) is 7.00. The summed E-state index contributed by atoms with van der Waals surface area (Å²) in [5.41, 5.74) is 2.83. The van der Waals surface area contributed by atoms with Crippen molar-refractivity contribution < 1.29 is 26.2 Å². The molecule has 0 saturated heterocycles. The van der Waals surface area contributed by atoms with Gasteiger partial charge in [-0.2, -0.15) is 27.3 Å². The molecule has 124 valence electrons. The van der Waals surface area contributed by atoms with Gasteiger partial charge in [0.15, 0.2) is 0 Å². The van der Waals surface area contributed by atoms with Crippen LogP contribution in [0.15, 0.2) is 84.4 Å². The van der Waals surface area contributed by atoms with E-state index in [4.69, 9.17) is 0 Å². The molecule has 0 amide bonds. The molecule has 0 radical (unpaired) electrons. The van der Waals surface area contributed by atoms with Gasteiger partial charge in [-0.25, -0.2) is 39.5 Å². The summed E-state index contributed by atoms with van der Waals surface area (Å²) in [7, 11) is 4.69. The molecule has 0 saturated carbocycles. The van der Waals surface area contributed by atoms with Crippen molar-refractivity contribution in [2.75, 3.05) is 0 Å². The van der Waals surface area contributed by atoms with E-state index in [0.29, 0.717) is 0 Å². The van der Waals surface area contributed by atoms with Crippen LogP contribution in [0, 0.1) is 11.6 Å². The molecule has 4 aromatic rings. The Morgan fingerprint density at radius 1 is 0.640 bits per heavy atom. The van der Waals surface area contributed by atoms with E-state index in [1.54, 1.807) is 0 Å². The Morgan fingerprint density at radius 2 is 1.04 bits per heavy atom. The molecule has 0 nitrogen and oxygen atoms in total. The molecule has 0 spiro atoms. The molecule has 4 rings (SSSR count). The maximum Gasteiger partial charge on any atom is 2.00 e. The Kier molecular flexibility index (Phi) is 14.5. The fourth-order valence-corrected chi connectivity index (χ4v) is 4.93. The maximum atomic E-state index is 3.03. The van der Waals surface area contributed by atoms with Crippen molar-refractivity contribution in [1.82, 2.24) is 0 Å². The van der Waals surface area contributed by atoms with E-state index in [1.165, 1.54) is 26.9 Å². The summed E-state index contributed by atoms with van der Waals surface area (Å²) in [6.45, 7) is 0. The SMILES string of the molecule is [Zr+2].[c-]1cc[pH]p1.[c-]1cc[pH]p1.c1ccc(CCc2ccccc2)cc1. The quantitative estimate of drug-likeness (QED) is 0.267. The maximum absolute atomic E-state index is 3.03. The zero-order chi connectivity index (χ0) is 16.7. The van der Waals surface area contributed by atoms with Crippen LogP contribution in [-0.4, -0.2) is 0 Å². The molecule has 2 heterocycles. The van der Waals surface area contributed by atoms with Crippen LogP contribution in [0.5, 0.6) is 0 Å².